The fraction of sp³-hybridized carbons (Fsp3) is 0.308. The van der Waals surface area contributed by atoms with Gasteiger partial charge in [-0.2, -0.15) is 0 Å². The number of hydrogen-bond acceptors (Lipinski definition) is 3. The van der Waals surface area contributed by atoms with E-state index < -0.39 is 0 Å². The Bertz CT molecular complexity index is 979. The lowest BCUT2D eigenvalue weighted by molar-refractivity contribution is 0.169. The molecule has 0 amide bonds. The highest BCUT2D eigenvalue weighted by Crippen LogP contribution is 2.30. The van der Waals surface area contributed by atoms with Crippen molar-refractivity contribution in [3.63, 3.8) is 0 Å². The number of likely N-dealkylation sites (tertiary alicyclic amines) is 1. The largest absolute Gasteiger partial charge is 0.378 e. The van der Waals surface area contributed by atoms with Crippen LogP contribution in [0.1, 0.15) is 24.0 Å². The summed E-state index contributed by atoms with van der Waals surface area (Å²) >= 11 is 0. The van der Waals surface area contributed by atoms with Gasteiger partial charge in [0, 0.05) is 31.9 Å². The fourth-order valence-electron chi connectivity index (χ4n) is 4.42. The van der Waals surface area contributed by atoms with E-state index in [2.05, 4.69) is 65.7 Å². The van der Waals surface area contributed by atoms with Crippen LogP contribution in [0.3, 0.4) is 0 Å². The van der Waals surface area contributed by atoms with Crippen molar-refractivity contribution in [2.75, 3.05) is 25.0 Å². The maximum absolute atomic E-state index is 13.6. The van der Waals surface area contributed by atoms with Gasteiger partial charge in [0.05, 0.1) is 5.54 Å². The summed E-state index contributed by atoms with van der Waals surface area (Å²) in [6.45, 7) is 5.63. The van der Waals surface area contributed by atoms with Gasteiger partial charge in [0.15, 0.2) is 0 Å². The number of nitrogens with one attached hydrogen (secondary N) is 1. The minimum absolute atomic E-state index is 0.175. The number of nitrogens with zero attached hydrogens (tertiary/aromatic N) is 1. The third-order valence-corrected chi connectivity index (χ3v) is 6.36. The second kappa shape index (κ2) is 8.99. The summed E-state index contributed by atoms with van der Waals surface area (Å²) in [5.74, 6) is -0.224. The van der Waals surface area contributed by atoms with Gasteiger partial charge in [-0.3, -0.25) is 4.90 Å². The van der Waals surface area contributed by atoms with E-state index in [1.165, 1.54) is 28.3 Å². The van der Waals surface area contributed by atoms with Crippen molar-refractivity contribution in [2.24, 2.45) is 5.73 Å². The van der Waals surface area contributed by atoms with Crippen LogP contribution in [0.2, 0.25) is 0 Å². The molecule has 0 saturated carbocycles. The van der Waals surface area contributed by atoms with Crippen molar-refractivity contribution < 1.29 is 4.39 Å². The van der Waals surface area contributed by atoms with E-state index in [-0.39, 0.29) is 11.4 Å². The third-order valence-electron chi connectivity index (χ3n) is 6.36. The molecule has 0 spiro atoms. The number of rotatable bonds is 6. The Labute approximate surface area is 178 Å². The molecule has 0 radical (unpaired) electrons. The van der Waals surface area contributed by atoms with Crippen molar-refractivity contribution in [3.8, 4) is 11.1 Å². The zero-order valence-electron chi connectivity index (χ0n) is 17.6. The minimum Gasteiger partial charge on any atom is -0.378 e. The van der Waals surface area contributed by atoms with Crippen LogP contribution in [-0.2, 0) is 6.54 Å². The highest BCUT2D eigenvalue weighted by molar-refractivity contribution is 5.68. The molecule has 0 atom stereocenters. The summed E-state index contributed by atoms with van der Waals surface area (Å²) in [6.07, 6.45) is 1.88. The number of benzene rings is 3. The van der Waals surface area contributed by atoms with Crippen LogP contribution in [0.5, 0.6) is 0 Å². The first-order valence-corrected chi connectivity index (χ1v) is 10.7. The molecule has 1 aliphatic heterocycles. The average molecular weight is 404 g/mol. The molecule has 3 aromatic carbocycles. The smallest absolute Gasteiger partial charge is 0.125 e. The molecule has 1 heterocycles. The fourth-order valence-corrected chi connectivity index (χ4v) is 4.42. The Morgan fingerprint density at radius 1 is 0.967 bits per heavy atom. The van der Waals surface area contributed by atoms with Crippen molar-refractivity contribution in [1.82, 2.24) is 4.90 Å². The van der Waals surface area contributed by atoms with Crippen LogP contribution >= 0.6 is 0 Å². The molecule has 1 fully saturated rings. The molecule has 156 valence electrons. The number of nitrogens with two attached hydrogens (primary N) is 1. The van der Waals surface area contributed by atoms with Crippen LogP contribution < -0.4 is 11.1 Å². The summed E-state index contributed by atoms with van der Waals surface area (Å²) < 4.78 is 13.6. The van der Waals surface area contributed by atoms with E-state index in [9.17, 15) is 4.39 Å². The number of hydrogen-bond donors (Lipinski definition) is 2. The molecule has 3 N–H and O–H groups in total. The Morgan fingerprint density at radius 3 is 2.40 bits per heavy atom. The average Bonchev–Trinajstić information content (AvgIpc) is 2.77. The molecule has 1 saturated heterocycles. The van der Waals surface area contributed by atoms with Gasteiger partial charge in [0.25, 0.3) is 0 Å². The lowest BCUT2D eigenvalue weighted by Crippen LogP contribution is -2.53. The maximum Gasteiger partial charge on any atom is 0.125 e. The summed E-state index contributed by atoms with van der Waals surface area (Å²) in [7, 11) is 0. The number of halogens is 1. The molecule has 30 heavy (non-hydrogen) atoms. The Hall–Kier alpha value is -2.69. The molecule has 0 unspecified atom stereocenters. The first kappa shape index (κ1) is 20.6. The monoisotopic (exact) mass is 403 g/mol. The van der Waals surface area contributed by atoms with Gasteiger partial charge >= 0.3 is 0 Å². The molecule has 4 heteroatoms. The van der Waals surface area contributed by atoms with Crippen LogP contribution in [0.15, 0.2) is 72.8 Å². The molecule has 4 rings (SSSR count). The summed E-state index contributed by atoms with van der Waals surface area (Å²) in [4.78, 5) is 2.50. The normalized spacial score (nSPS) is 16.4. The van der Waals surface area contributed by atoms with Crippen LogP contribution in [-0.4, -0.2) is 30.1 Å². The van der Waals surface area contributed by atoms with Crippen LogP contribution in [0, 0.1) is 12.7 Å². The van der Waals surface area contributed by atoms with Crippen molar-refractivity contribution in [3.05, 3.63) is 89.7 Å². The van der Waals surface area contributed by atoms with E-state index in [4.69, 9.17) is 5.73 Å². The summed E-state index contributed by atoms with van der Waals surface area (Å²) in [5.41, 5.74) is 12.1. The van der Waals surface area contributed by atoms with Gasteiger partial charge in [-0.25, -0.2) is 4.39 Å². The van der Waals surface area contributed by atoms with Gasteiger partial charge in [0.1, 0.15) is 5.82 Å². The second-order valence-corrected chi connectivity index (χ2v) is 8.35. The zero-order valence-corrected chi connectivity index (χ0v) is 17.6. The SMILES string of the molecule is Cc1c(CN2CCC(CN)(Nc3cccc(F)c3)CC2)cccc1-c1ccccc1. The molecular formula is C26H30FN3. The summed E-state index contributed by atoms with van der Waals surface area (Å²) in [6, 6.07) is 23.8. The maximum atomic E-state index is 13.6. The standard InChI is InChI=1S/C26H30FN3/c1-20-22(9-5-12-25(20)21-7-3-2-4-8-21)18-30-15-13-26(19-28,14-16-30)29-24-11-6-10-23(27)17-24/h2-12,17,29H,13-16,18-19,28H2,1H3. The highest BCUT2D eigenvalue weighted by Gasteiger charge is 2.33. The lowest BCUT2D eigenvalue weighted by atomic mass is 9.86. The summed E-state index contributed by atoms with van der Waals surface area (Å²) in [5, 5.41) is 3.52. The number of anilines is 1. The van der Waals surface area contributed by atoms with Gasteiger partial charge in [-0.05, 0) is 60.2 Å². The zero-order chi connectivity index (χ0) is 21.0. The Kier molecular flexibility index (Phi) is 6.16. The van der Waals surface area contributed by atoms with Crippen LogP contribution in [0.25, 0.3) is 11.1 Å². The van der Waals surface area contributed by atoms with E-state index in [1.807, 2.05) is 6.07 Å². The molecule has 3 aromatic rings. The molecule has 0 aromatic heterocycles. The van der Waals surface area contributed by atoms with Crippen LogP contribution in [0.4, 0.5) is 10.1 Å². The first-order chi connectivity index (χ1) is 14.6. The van der Waals surface area contributed by atoms with Gasteiger partial charge < -0.3 is 11.1 Å². The molecular weight excluding hydrogens is 373 g/mol. The van der Waals surface area contributed by atoms with E-state index in [0.717, 1.165) is 38.2 Å². The van der Waals surface area contributed by atoms with Gasteiger partial charge in [-0.1, -0.05) is 54.6 Å². The predicted molar refractivity (Wildman–Crippen MR) is 123 cm³/mol. The van der Waals surface area contributed by atoms with E-state index in [0.29, 0.717) is 6.54 Å². The lowest BCUT2D eigenvalue weighted by Gasteiger charge is -2.42. The minimum atomic E-state index is -0.224. The van der Waals surface area contributed by atoms with E-state index in [1.54, 1.807) is 12.1 Å². The molecule has 0 aliphatic carbocycles. The molecule has 1 aliphatic rings. The number of piperidine rings is 1. The quantitative estimate of drug-likeness (QED) is 0.594. The van der Waals surface area contributed by atoms with Crippen molar-refractivity contribution >= 4 is 5.69 Å². The molecule has 3 nitrogen and oxygen atoms in total. The van der Waals surface area contributed by atoms with Crippen molar-refractivity contribution in [2.45, 2.75) is 31.8 Å². The second-order valence-electron chi connectivity index (χ2n) is 8.35. The van der Waals surface area contributed by atoms with Crippen molar-refractivity contribution in [1.29, 1.82) is 0 Å². The highest BCUT2D eigenvalue weighted by atomic mass is 19.1. The Morgan fingerprint density at radius 2 is 1.70 bits per heavy atom. The predicted octanol–water partition coefficient (Wildman–Crippen LogP) is 5.21. The van der Waals surface area contributed by atoms with Gasteiger partial charge in [0.2, 0.25) is 0 Å². The van der Waals surface area contributed by atoms with E-state index >= 15 is 0 Å². The van der Waals surface area contributed by atoms with Gasteiger partial charge in [-0.15, -0.1) is 0 Å². The first-order valence-electron chi connectivity index (χ1n) is 10.7. The molecule has 0 bridgehead atoms. The topological polar surface area (TPSA) is 41.3 Å². The third kappa shape index (κ3) is 4.55. The Balaban J connectivity index is 1.43.